The van der Waals surface area contributed by atoms with E-state index in [-0.39, 0.29) is 6.04 Å². The van der Waals surface area contributed by atoms with E-state index in [9.17, 15) is 0 Å². The van der Waals surface area contributed by atoms with Crippen molar-refractivity contribution < 1.29 is 4.84 Å². The molecule has 142 valence electrons. The first kappa shape index (κ1) is 18.5. The number of oxime groups is 1. The average Bonchev–Trinajstić information content (AvgIpc) is 3.16. The molecule has 1 fully saturated rings. The molecule has 0 spiro atoms. The van der Waals surface area contributed by atoms with E-state index < -0.39 is 0 Å². The average molecular weight is 391 g/mol. The van der Waals surface area contributed by atoms with E-state index in [1.54, 1.807) is 23.7 Å². The lowest BCUT2D eigenvalue weighted by Crippen LogP contribution is -2.19. The highest BCUT2D eigenvalue weighted by Gasteiger charge is 2.19. The Labute approximate surface area is 169 Å². The fourth-order valence-electron chi connectivity index (χ4n) is 2.92. The van der Waals surface area contributed by atoms with Crippen LogP contribution in [0.1, 0.15) is 48.4 Å². The predicted octanol–water partition coefficient (Wildman–Crippen LogP) is 4.67. The maximum Gasteiger partial charge on any atom is 0.168 e. The van der Waals surface area contributed by atoms with E-state index in [0.29, 0.717) is 12.5 Å². The summed E-state index contributed by atoms with van der Waals surface area (Å²) >= 11 is 1.56. The molecule has 28 heavy (non-hydrogen) atoms. The molecule has 0 radical (unpaired) electrons. The van der Waals surface area contributed by atoms with Crippen LogP contribution in [0.5, 0.6) is 0 Å². The third-order valence-corrected chi connectivity index (χ3v) is 5.35. The number of thiazole rings is 1. The summed E-state index contributed by atoms with van der Waals surface area (Å²) in [5, 5.41) is 7.35. The monoisotopic (exact) mass is 390 g/mol. The van der Waals surface area contributed by atoms with Crippen LogP contribution in [-0.4, -0.2) is 20.2 Å². The Morgan fingerprint density at radius 2 is 2.18 bits per heavy atom. The molecule has 2 aromatic heterocycles. The van der Waals surface area contributed by atoms with E-state index >= 15 is 0 Å². The van der Waals surface area contributed by atoms with E-state index in [0.717, 1.165) is 28.3 Å². The summed E-state index contributed by atoms with van der Waals surface area (Å²) in [7, 11) is 0. The smallest absolute Gasteiger partial charge is 0.168 e. The molecule has 2 heterocycles. The van der Waals surface area contributed by atoms with Gasteiger partial charge in [-0.3, -0.25) is 0 Å². The summed E-state index contributed by atoms with van der Waals surface area (Å²) in [4.78, 5) is 14.1. The summed E-state index contributed by atoms with van der Waals surface area (Å²) in [6.07, 6.45) is 10.7. The minimum Gasteiger partial charge on any atom is -0.388 e. The first-order chi connectivity index (χ1) is 13.8. The zero-order valence-electron chi connectivity index (χ0n) is 15.8. The Balaban J connectivity index is 1.58. The first-order valence-electron chi connectivity index (χ1n) is 9.51. The largest absolute Gasteiger partial charge is 0.388 e. The van der Waals surface area contributed by atoms with Crippen LogP contribution in [-0.2, 0) is 11.4 Å². The third kappa shape index (κ3) is 4.68. The van der Waals surface area contributed by atoms with E-state index in [2.05, 4.69) is 62.7 Å². The highest BCUT2D eigenvalue weighted by atomic mass is 32.1. The first-order valence-corrected chi connectivity index (χ1v) is 10.4. The molecule has 4 rings (SSSR count). The van der Waals surface area contributed by atoms with Crippen molar-refractivity contribution >= 4 is 17.0 Å². The quantitative estimate of drug-likeness (QED) is 0.335. The van der Waals surface area contributed by atoms with Crippen molar-refractivity contribution in [1.82, 2.24) is 14.5 Å². The minimum absolute atomic E-state index is 0.0437. The summed E-state index contributed by atoms with van der Waals surface area (Å²) in [6, 6.07) is 8.30. The minimum atomic E-state index is 0.0437. The molecular formula is C22H22N4OS. The van der Waals surface area contributed by atoms with Crippen molar-refractivity contribution in [2.75, 3.05) is 0 Å². The predicted molar refractivity (Wildman–Crippen MR) is 111 cm³/mol. The molecule has 0 aliphatic heterocycles. The molecule has 0 amide bonds. The second kappa shape index (κ2) is 8.85. The lowest BCUT2D eigenvalue weighted by Gasteiger charge is -2.19. The van der Waals surface area contributed by atoms with Crippen molar-refractivity contribution in [3.05, 3.63) is 70.7 Å². The number of hydrogen-bond acceptors (Lipinski definition) is 5. The lowest BCUT2D eigenvalue weighted by atomic mass is 10.00. The van der Waals surface area contributed by atoms with Gasteiger partial charge in [0.25, 0.3) is 0 Å². The maximum atomic E-state index is 5.67. The fraction of sp³-hybridized carbons (Fsp3) is 0.318. The zero-order valence-corrected chi connectivity index (χ0v) is 16.6. The molecule has 1 aliphatic rings. The Morgan fingerprint density at radius 3 is 2.82 bits per heavy atom. The summed E-state index contributed by atoms with van der Waals surface area (Å²) in [6.45, 7) is 2.50. The van der Waals surface area contributed by atoms with Gasteiger partial charge in [-0.1, -0.05) is 36.1 Å². The lowest BCUT2D eigenvalue weighted by molar-refractivity contribution is 0.129. The van der Waals surface area contributed by atoms with Crippen LogP contribution in [0.4, 0.5) is 0 Å². The van der Waals surface area contributed by atoms with E-state index in [1.165, 1.54) is 12.8 Å². The Kier molecular flexibility index (Phi) is 5.83. The highest BCUT2D eigenvalue weighted by Crippen LogP contribution is 2.27. The Bertz CT molecular complexity index is 962. The molecule has 1 aromatic carbocycles. The topological polar surface area (TPSA) is 52.3 Å². The van der Waals surface area contributed by atoms with Crippen molar-refractivity contribution in [1.29, 1.82) is 0 Å². The normalized spacial score (nSPS) is 15.0. The van der Waals surface area contributed by atoms with Crippen molar-refractivity contribution in [3.63, 3.8) is 0 Å². The number of hydrogen-bond donors (Lipinski definition) is 0. The third-order valence-electron chi connectivity index (χ3n) is 4.60. The van der Waals surface area contributed by atoms with Crippen LogP contribution in [0.3, 0.4) is 0 Å². The second-order valence-electron chi connectivity index (χ2n) is 6.73. The number of imidazole rings is 1. The van der Waals surface area contributed by atoms with E-state index in [1.807, 2.05) is 17.9 Å². The van der Waals surface area contributed by atoms with Gasteiger partial charge in [0.1, 0.15) is 10.7 Å². The van der Waals surface area contributed by atoms with Gasteiger partial charge in [-0.05, 0) is 31.4 Å². The SMILES string of the molecule is CCC(/C(=N\OCc1nccs1)c1ccc(C#CC2CC2)cc1)n1ccnc1. The van der Waals surface area contributed by atoms with Crippen LogP contribution >= 0.6 is 11.3 Å². The molecular weight excluding hydrogens is 368 g/mol. The van der Waals surface area contributed by atoms with Gasteiger partial charge in [0.15, 0.2) is 6.61 Å². The molecule has 3 aromatic rings. The summed E-state index contributed by atoms with van der Waals surface area (Å²) in [5.74, 6) is 7.17. The van der Waals surface area contributed by atoms with Crippen LogP contribution in [0, 0.1) is 17.8 Å². The number of nitrogens with zero attached hydrogens (tertiary/aromatic N) is 4. The van der Waals surface area contributed by atoms with Gasteiger partial charge in [0, 0.05) is 41.0 Å². The van der Waals surface area contributed by atoms with Crippen LogP contribution < -0.4 is 0 Å². The molecule has 6 heteroatoms. The molecule has 5 nitrogen and oxygen atoms in total. The Hall–Kier alpha value is -2.91. The van der Waals surface area contributed by atoms with Gasteiger partial charge in [-0.2, -0.15) is 0 Å². The van der Waals surface area contributed by atoms with Crippen molar-refractivity contribution in [2.24, 2.45) is 11.1 Å². The number of benzene rings is 1. The molecule has 1 saturated carbocycles. The zero-order chi connectivity index (χ0) is 19.2. The van der Waals surface area contributed by atoms with Gasteiger partial charge < -0.3 is 9.40 Å². The number of rotatable bonds is 7. The number of aromatic nitrogens is 3. The van der Waals surface area contributed by atoms with Crippen LogP contribution in [0.25, 0.3) is 0 Å². The van der Waals surface area contributed by atoms with Gasteiger partial charge in [0.2, 0.25) is 0 Å². The van der Waals surface area contributed by atoms with E-state index in [4.69, 9.17) is 4.84 Å². The molecule has 1 aliphatic carbocycles. The highest BCUT2D eigenvalue weighted by molar-refractivity contribution is 7.09. The van der Waals surface area contributed by atoms with Crippen molar-refractivity contribution in [3.8, 4) is 11.8 Å². The summed E-state index contributed by atoms with van der Waals surface area (Å²) in [5.41, 5.74) is 2.94. The molecule has 0 bridgehead atoms. The molecule has 0 N–H and O–H groups in total. The molecule has 1 atom stereocenters. The maximum absolute atomic E-state index is 5.67. The summed E-state index contributed by atoms with van der Waals surface area (Å²) < 4.78 is 2.06. The molecule has 1 unspecified atom stereocenters. The van der Waals surface area contributed by atoms with Crippen molar-refractivity contribution in [2.45, 2.75) is 38.8 Å². The van der Waals surface area contributed by atoms with Gasteiger partial charge in [-0.25, -0.2) is 9.97 Å². The molecule has 0 saturated heterocycles. The van der Waals surface area contributed by atoms with Gasteiger partial charge in [0.05, 0.1) is 12.4 Å². The van der Waals surface area contributed by atoms with Gasteiger partial charge in [-0.15, -0.1) is 11.3 Å². The van der Waals surface area contributed by atoms with Crippen LogP contribution in [0.2, 0.25) is 0 Å². The Morgan fingerprint density at radius 1 is 1.32 bits per heavy atom. The second-order valence-corrected chi connectivity index (χ2v) is 7.71. The van der Waals surface area contributed by atoms with Gasteiger partial charge >= 0.3 is 0 Å². The standard InChI is InChI=1S/C22H22N4OS/c1-2-20(26-13-11-23-16-26)22(25-27-15-21-24-12-14-28-21)19-9-7-18(8-10-19)6-5-17-3-4-17/h7-14,16-17,20H,2-4,15H2,1H3/b25-22-. The van der Waals surface area contributed by atoms with Crippen LogP contribution in [0.15, 0.2) is 59.7 Å². The fourth-order valence-corrected chi connectivity index (χ4v) is 3.45.